The third kappa shape index (κ3) is 24.7. The summed E-state index contributed by atoms with van der Waals surface area (Å²) in [6, 6.07) is 13.7. The van der Waals surface area contributed by atoms with Crippen LogP contribution in [0.5, 0.6) is 0 Å². The number of aliphatic hydroxyl groups excluding tert-OH is 1. The number of benzene rings is 2. The highest BCUT2D eigenvalue weighted by atomic mass is 16.7. The van der Waals surface area contributed by atoms with E-state index in [2.05, 4.69) is 16.0 Å². The first-order valence-electron chi connectivity index (χ1n) is 24.8. The van der Waals surface area contributed by atoms with Gasteiger partial charge in [-0.1, -0.05) is 146 Å². The third-order valence-electron chi connectivity index (χ3n) is 11.4. The van der Waals surface area contributed by atoms with Crippen molar-refractivity contribution in [1.82, 2.24) is 20.9 Å². The molecule has 4 amide bonds. The summed E-state index contributed by atoms with van der Waals surface area (Å²) in [4.78, 5) is 79.4. The van der Waals surface area contributed by atoms with Crippen LogP contribution < -0.4 is 16.0 Å². The first-order chi connectivity index (χ1) is 32.5. The maximum Gasteiger partial charge on any atom is 0.408 e. The summed E-state index contributed by atoms with van der Waals surface area (Å²) >= 11 is 0. The van der Waals surface area contributed by atoms with Crippen molar-refractivity contribution in [1.29, 1.82) is 0 Å². The number of rotatable bonds is 35. The van der Waals surface area contributed by atoms with E-state index in [4.69, 9.17) is 14.2 Å². The predicted octanol–water partition coefficient (Wildman–Crippen LogP) is 9.02. The molecule has 0 saturated carbocycles. The van der Waals surface area contributed by atoms with Crippen LogP contribution in [0.1, 0.15) is 167 Å². The van der Waals surface area contributed by atoms with Crippen LogP contribution in [0.15, 0.2) is 72.5 Å². The lowest BCUT2D eigenvalue weighted by atomic mass is 10.0. The molecule has 68 heavy (non-hydrogen) atoms. The molecule has 0 unspecified atom stereocenters. The molecule has 2 rings (SSSR count). The molecule has 15 heteroatoms. The van der Waals surface area contributed by atoms with Crippen LogP contribution in [-0.2, 0) is 40.0 Å². The number of nitrogens with one attached hydrogen (secondary N) is 3. The number of aliphatic carboxylic acids is 1. The van der Waals surface area contributed by atoms with Crippen LogP contribution in [0.2, 0.25) is 0 Å². The van der Waals surface area contributed by atoms with E-state index in [1.165, 1.54) is 11.0 Å². The molecule has 0 saturated heterocycles. The zero-order valence-corrected chi connectivity index (χ0v) is 41.9. The number of carbonyl (C=O) groups is 6. The Kier molecular flexibility index (Phi) is 28.8. The predicted molar refractivity (Wildman–Crippen MR) is 263 cm³/mol. The number of ether oxygens (including phenoxy) is 3. The topological polar surface area (TPSA) is 210 Å². The zero-order valence-electron chi connectivity index (χ0n) is 41.9. The van der Waals surface area contributed by atoms with Gasteiger partial charge in [-0.2, -0.15) is 0 Å². The summed E-state index contributed by atoms with van der Waals surface area (Å²) < 4.78 is 16.8. The molecule has 4 atom stereocenters. The van der Waals surface area contributed by atoms with Gasteiger partial charge in [-0.05, 0) is 70.6 Å². The van der Waals surface area contributed by atoms with Crippen LogP contribution in [0.3, 0.4) is 0 Å². The van der Waals surface area contributed by atoms with Gasteiger partial charge in [0.1, 0.15) is 36.5 Å². The fourth-order valence-electron chi connectivity index (χ4n) is 7.38. The van der Waals surface area contributed by atoms with Crippen LogP contribution in [0, 0.1) is 5.92 Å². The minimum atomic E-state index is -1.18. The second-order valence-electron chi connectivity index (χ2n) is 18.8. The molecule has 0 aliphatic rings. The second-order valence-corrected chi connectivity index (χ2v) is 18.8. The van der Waals surface area contributed by atoms with Crippen LogP contribution in [0.25, 0.3) is 0 Å². The third-order valence-corrected chi connectivity index (χ3v) is 11.4. The Morgan fingerprint density at radius 2 is 1.28 bits per heavy atom. The van der Waals surface area contributed by atoms with Crippen molar-refractivity contribution in [2.24, 2.45) is 5.92 Å². The average Bonchev–Trinajstić information content (AvgIpc) is 3.30. The van der Waals surface area contributed by atoms with Gasteiger partial charge < -0.3 is 45.3 Å². The first-order valence-corrected chi connectivity index (χ1v) is 24.8. The molecule has 2 aromatic rings. The standard InChI is InChI=1S/C53H82N4O11/c1-8-9-33-45(51(63)64)57(50(62)40(4)54-49(61)47(39(2)3)56-48(60)42-30-24-21-25-31-42)34-27-19-17-15-13-11-10-12-14-16-18-26-32-43(67-38-68-53(5,6)7)35-46(59)44(36-58)55-52(65)66-37-41-28-22-20-23-29-41/h20-25,28-31,35,39-40,44-45,47,58H,8-19,26-27,32-34,36-38H2,1-7H3,(H,54,61)(H,55,65)(H,56,60)(H,63,64)/t40-,44+,45-,47-/m0/s1. The molecule has 0 radical (unpaired) electrons. The Morgan fingerprint density at radius 3 is 1.81 bits per heavy atom. The number of carboxylic acids is 1. The van der Waals surface area contributed by atoms with Crippen molar-refractivity contribution >= 4 is 35.6 Å². The highest BCUT2D eigenvalue weighted by Crippen LogP contribution is 2.19. The molecule has 0 aliphatic carbocycles. The maximum atomic E-state index is 13.8. The molecule has 2 aromatic carbocycles. The number of hydrogen-bond acceptors (Lipinski definition) is 10. The summed E-state index contributed by atoms with van der Waals surface area (Å²) in [5, 5.41) is 28.0. The van der Waals surface area contributed by atoms with Gasteiger partial charge in [0.05, 0.1) is 12.2 Å². The normalized spacial score (nSPS) is 13.5. The van der Waals surface area contributed by atoms with E-state index in [9.17, 15) is 39.0 Å². The van der Waals surface area contributed by atoms with Gasteiger partial charge in [0, 0.05) is 24.6 Å². The lowest BCUT2D eigenvalue weighted by Gasteiger charge is -2.32. The summed E-state index contributed by atoms with van der Waals surface area (Å²) in [5.41, 5.74) is 0.771. The molecule has 0 spiro atoms. The minimum Gasteiger partial charge on any atom is -0.480 e. The number of ketones is 1. The lowest BCUT2D eigenvalue weighted by molar-refractivity contribution is -0.151. The molecular weight excluding hydrogens is 869 g/mol. The second kappa shape index (κ2) is 33.3. The number of aliphatic hydroxyl groups is 1. The Labute approximate surface area is 405 Å². The summed E-state index contributed by atoms with van der Waals surface area (Å²) in [7, 11) is 0. The van der Waals surface area contributed by atoms with Gasteiger partial charge in [-0.15, -0.1) is 0 Å². The Balaban J connectivity index is 1.77. The van der Waals surface area contributed by atoms with E-state index in [1.807, 2.05) is 71.9 Å². The van der Waals surface area contributed by atoms with Gasteiger partial charge in [-0.3, -0.25) is 19.2 Å². The van der Waals surface area contributed by atoms with Gasteiger partial charge >= 0.3 is 12.1 Å². The van der Waals surface area contributed by atoms with Crippen molar-refractivity contribution in [3.05, 3.63) is 83.6 Å². The molecule has 0 aliphatic heterocycles. The number of carboxylic acid groups (broad SMARTS) is 1. The van der Waals surface area contributed by atoms with E-state index >= 15 is 0 Å². The number of alkyl carbamates (subject to hydrolysis) is 1. The van der Waals surface area contributed by atoms with Crippen LogP contribution in [-0.4, -0.2) is 100 Å². The van der Waals surface area contributed by atoms with Crippen molar-refractivity contribution in [3.63, 3.8) is 0 Å². The molecule has 0 fully saturated rings. The fraction of sp³-hybridized carbons (Fsp3) is 0.623. The summed E-state index contributed by atoms with van der Waals surface area (Å²) in [6.45, 7) is 12.5. The zero-order chi connectivity index (χ0) is 50.3. The number of nitrogens with zero attached hydrogens (tertiary/aromatic N) is 1. The molecule has 380 valence electrons. The molecular formula is C53H82N4O11. The Morgan fingerprint density at radius 1 is 0.721 bits per heavy atom. The summed E-state index contributed by atoms with van der Waals surface area (Å²) in [5.74, 6) is -2.76. The molecule has 5 N–H and O–H groups in total. The van der Waals surface area contributed by atoms with Gasteiger partial charge in [0.2, 0.25) is 11.8 Å². The minimum absolute atomic E-state index is 0.0318. The molecule has 0 bridgehead atoms. The van der Waals surface area contributed by atoms with Crippen molar-refractivity contribution in [2.75, 3.05) is 19.9 Å². The van der Waals surface area contributed by atoms with E-state index in [0.29, 0.717) is 37.0 Å². The van der Waals surface area contributed by atoms with E-state index in [-0.39, 0.29) is 25.9 Å². The average molecular weight is 951 g/mol. The molecule has 15 nitrogen and oxygen atoms in total. The monoisotopic (exact) mass is 951 g/mol. The van der Waals surface area contributed by atoms with E-state index < -0.39 is 71.9 Å². The largest absolute Gasteiger partial charge is 0.480 e. The number of allylic oxidation sites excluding steroid dienone is 1. The Bertz CT molecular complexity index is 1820. The van der Waals surface area contributed by atoms with Gasteiger partial charge in [0.15, 0.2) is 12.6 Å². The fourth-order valence-corrected chi connectivity index (χ4v) is 7.38. The SMILES string of the molecule is CCCC[C@@H](C(=O)O)N(CCCCCCCCCCCCCCC(=CC(=O)[C@@H](CO)NC(=O)OCc1ccccc1)OCOC(C)(C)C)C(=O)[C@H](C)NC(=O)[C@@H](NC(=O)c1ccccc1)C(C)C. The number of amides is 4. The summed E-state index contributed by atoms with van der Waals surface area (Å²) in [6.07, 6.45) is 14.5. The number of hydrogen-bond donors (Lipinski definition) is 5. The van der Waals surface area contributed by atoms with Gasteiger partial charge in [0.25, 0.3) is 5.91 Å². The maximum absolute atomic E-state index is 13.8. The molecule has 0 aromatic heterocycles. The van der Waals surface area contributed by atoms with E-state index in [1.54, 1.807) is 37.3 Å². The number of unbranched alkanes of at least 4 members (excludes halogenated alkanes) is 12. The van der Waals surface area contributed by atoms with Crippen LogP contribution in [0.4, 0.5) is 4.79 Å². The number of carbonyl (C=O) groups excluding carboxylic acids is 5. The van der Waals surface area contributed by atoms with Crippen molar-refractivity contribution < 1.29 is 53.2 Å². The van der Waals surface area contributed by atoms with Gasteiger partial charge in [-0.25, -0.2) is 9.59 Å². The van der Waals surface area contributed by atoms with Crippen molar-refractivity contribution in [2.45, 2.75) is 188 Å². The highest BCUT2D eigenvalue weighted by Gasteiger charge is 2.34. The first kappa shape index (κ1) is 58.8. The molecule has 0 heterocycles. The van der Waals surface area contributed by atoms with Crippen LogP contribution >= 0.6 is 0 Å². The van der Waals surface area contributed by atoms with Crippen molar-refractivity contribution in [3.8, 4) is 0 Å². The quantitative estimate of drug-likeness (QED) is 0.0191. The smallest absolute Gasteiger partial charge is 0.408 e. The Hall–Kier alpha value is -5.28. The van der Waals surface area contributed by atoms with E-state index in [0.717, 1.165) is 82.6 Å². The lowest BCUT2D eigenvalue weighted by Crippen LogP contribution is -2.57. The highest BCUT2D eigenvalue weighted by molar-refractivity contribution is 5.99.